The van der Waals surface area contributed by atoms with Crippen LogP contribution >= 0.6 is 11.6 Å². The third-order valence-corrected chi connectivity index (χ3v) is 2.58. The van der Waals surface area contributed by atoms with Gasteiger partial charge in [0.1, 0.15) is 0 Å². The quantitative estimate of drug-likeness (QED) is 0.562. The molecule has 0 bridgehead atoms. The van der Waals surface area contributed by atoms with Crippen molar-refractivity contribution in [3.8, 4) is 0 Å². The summed E-state index contributed by atoms with van der Waals surface area (Å²) in [6.45, 7) is 3.51. The van der Waals surface area contributed by atoms with E-state index in [4.69, 9.17) is 11.6 Å². The van der Waals surface area contributed by atoms with Crippen molar-refractivity contribution >= 4 is 11.6 Å². The Balaban J connectivity index is 3.63. The van der Waals surface area contributed by atoms with Gasteiger partial charge in [-0.3, -0.25) is 4.74 Å². The smallest absolute Gasteiger partial charge is 0.308 e. The summed E-state index contributed by atoms with van der Waals surface area (Å²) in [5.41, 5.74) is -0.323. The lowest BCUT2D eigenvalue weighted by Crippen LogP contribution is -2.45. The molecule has 0 spiro atoms. The maximum atomic E-state index is 11.6. The van der Waals surface area contributed by atoms with Gasteiger partial charge in [0, 0.05) is 18.0 Å². The van der Waals surface area contributed by atoms with Gasteiger partial charge in [0.25, 0.3) is 0 Å². The molecule has 86 valence electrons. The lowest BCUT2D eigenvalue weighted by atomic mass is 10.0. The molecule has 0 aliphatic carbocycles. The number of halogens is 4. The first kappa shape index (κ1) is 14.0. The van der Waals surface area contributed by atoms with Crippen LogP contribution in [-0.4, -0.2) is 30.9 Å². The van der Waals surface area contributed by atoms with E-state index < -0.39 is 13.0 Å². The minimum Gasteiger partial charge on any atom is -0.308 e. The minimum atomic E-state index is -4.55. The number of rotatable bonds is 6. The molecule has 0 aromatic heterocycles. The molecule has 2 nitrogen and oxygen atoms in total. The van der Waals surface area contributed by atoms with Crippen LogP contribution in [0.15, 0.2) is 0 Å². The van der Waals surface area contributed by atoms with Crippen LogP contribution in [0.5, 0.6) is 0 Å². The fraction of sp³-hybridized carbons (Fsp3) is 1.00. The van der Waals surface area contributed by atoms with Gasteiger partial charge in [-0.15, -0.1) is 24.8 Å². The highest BCUT2D eigenvalue weighted by Gasteiger charge is 2.29. The summed E-state index contributed by atoms with van der Waals surface area (Å²) in [6, 6.07) is 0. The Morgan fingerprint density at radius 3 is 2.29 bits per heavy atom. The maximum absolute atomic E-state index is 11.6. The van der Waals surface area contributed by atoms with Gasteiger partial charge in [0.05, 0.1) is 6.61 Å². The Labute approximate surface area is 86.8 Å². The lowest BCUT2D eigenvalue weighted by Gasteiger charge is -2.27. The van der Waals surface area contributed by atoms with E-state index in [2.05, 4.69) is 10.1 Å². The third kappa shape index (κ3) is 6.45. The van der Waals surface area contributed by atoms with Gasteiger partial charge < -0.3 is 5.32 Å². The minimum absolute atomic E-state index is 0.135. The molecule has 0 heterocycles. The highest BCUT2D eigenvalue weighted by Crippen LogP contribution is 2.16. The van der Waals surface area contributed by atoms with E-state index in [9.17, 15) is 13.2 Å². The standard InChI is InChI=1S/C8H15ClF3NO/c1-3-7(2,6-9)13-4-5-14-8(10,11)12/h13H,3-6H2,1-2H3. The van der Waals surface area contributed by atoms with Crippen LogP contribution < -0.4 is 5.32 Å². The SMILES string of the molecule is CCC(C)(CCl)NCCOC(F)(F)F. The molecule has 0 amide bonds. The van der Waals surface area contributed by atoms with Gasteiger partial charge >= 0.3 is 6.36 Å². The maximum Gasteiger partial charge on any atom is 0.522 e. The van der Waals surface area contributed by atoms with E-state index in [1.165, 1.54) is 0 Å². The molecule has 0 rings (SSSR count). The molecule has 0 radical (unpaired) electrons. The molecule has 0 fully saturated rings. The van der Waals surface area contributed by atoms with Gasteiger partial charge in [-0.1, -0.05) is 6.92 Å². The topological polar surface area (TPSA) is 21.3 Å². The van der Waals surface area contributed by atoms with Gasteiger partial charge in [0.15, 0.2) is 0 Å². The molecule has 1 atom stereocenters. The molecule has 0 saturated heterocycles. The predicted octanol–water partition coefficient (Wildman–Crippen LogP) is 2.52. The normalized spacial score (nSPS) is 16.7. The van der Waals surface area contributed by atoms with E-state index in [0.29, 0.717) is 5.88 Å². The molecule has 0 aromatic rings. The van der Waals surface area contributed by atoms with E-state index in [0.717, 1.165) is 6.42 Å². The van der Waals surface area contributed by atoms with Crippen molar-refractivity contribution in [1.29, 1.82) is 0 Å². The zero-order chi connectivity index (χ0) is 11.2. The molecule has 6 heteroatoms. The molecule has 0 aliphatic rings. The Morgan fingerprint density at radius 2 is 1.93 bits per heavy atom. The first-order valence-corrected chi connectivity index (χ1v) is 4.88. The Hall–Kier alpha value is -0.0000000000000000555. The first-order chi connectivity index (χ1) is 6.33. The van der Waals surface area contributed by atoms with Crippen LogP contribution in [0.3, 0.4) is 0 Å². The fourth-order valence-corrected chi connectivity index (χ4v) is 1.07. The Morgan fingerprint density at radius 1 is 1.36 bits per heavy atom. The van der Waals surface area contributed by atoms with E-state index in [1.54, 1.807) is 0 Å². The largest absolute Gasteiger partial charge is 0.522 e. The van der Waals surface area contributed by atoms with Gasteiger partial charge in [-0.05, 0) is 13.3 Å². The summed E-state index contributed by atoms with van der Waals surface area (Å²) in [7, 11) is 0. The average molecular weight is 234 g/mol. The summed E-state index contributed by atoms with van der Waals surface area (Å²) in [5.74, 6) is 0.357. The average Bonchev–Trinajstić information content (AvgIpc) is 2.11. The first-order valence-electron chi connectivity index (χ1n) is 4.34. The number of ether oxygens (including phenoxy) is 1. The van der Waals surface area contributed by atoms with Crippen LogP contribution in [0.1, 0.15) is 20.3 Å². The summed E-state index contributed by atoms with van der Waals surface area (Å²) >= 11 is 5.65. The highest BCUT2D eigenvalue weighted by molar-refractivity contribution is 6.18. The summed E-state index contributed by atoms with van der Waals surface area (Å²) in [5, 5.41) is 2.91. The van der Waals surface area contributed by atoms with E-state index >= 15 is 0 Å². The van der Waals surface area contributed by atoms with Gasteiger partial charge in [-0.25, -0.2) is 0 Å². The van der Waals surface area contributed by atoms with Crippen molar-refractivity contribution in [1.82, 2.24) is 5.32 Å². The van der Waals surface area contributed by atoms with Crippen molar-refractivity contribution in [2.45, 2.75) is 32.2 Å². The third-order valence-electron chi connectivity index (χ3n) is 1.99. The van der Waals surface area contributed by atoms with Crippen molar-refractivity contribution in [3.63, 3.8) is 0 Å². The van der Waals surface area contributed by atoms with Crippen LogP contribution in [0, 0.1) is 0 Å². The molecule has 0 saturated carbocycles. The van der Waals surface area contributed by atoms with Crippen molar-refractivity contribution in [3.05, 3.63) is 0 Å². The van der Waals surface area contributed by atoms with Crippen LogP contribution in [0.25, 0.3) is 0 Å². The monoisotopic (exact) mass is 233 g/mol. The number of alkyl halides is 4. The molecule has 1 N–H and O–H groups in total. The second-order valence-electron chi connectivity index (χ2n) is 3.27. The zero-order valence-electron chi connectivity index (χ0n) is 8.25. The molecule has 1 unspecified atom stereocenters. The van der Waals surface area contributed by atoms with Crippen molar-refractivity contribution < 1.29 is 17.9 Å². The van der Waals surface area contributed by atoms with E-state index in [1.807, 2.05) is 13.8 Å². The molecule has 14 heavy (non-hydrogen) atoms. The number of nitrogens with one attached hydrogen (secondary N) is 1. The molecule has 0 aromatic carbocycles. The summed E-state index contributed by atoms with van der Waals surface area (Å²) in [4.78, 5) is 0. The summed E-state index contributed by atoms with van der Waals surface area (Å²) in [6.07, 6.45) is -3.80. The van der Waals surface area contributed by atoms with Crippen LogP contribution in [0.2, 0.25) is 0 Å². The van der Waals surface area contributed by atoms with Crippen molar-refractivity contribution in [2.24, 2.45) is 0 Å². The zero-order valence-corrected chi connectivity index (χ0v) is 9.00. The Bertz CT molecular complexity index is 159. The summed E-state index contributed by atoms with van der Waals surface area (Å²) < 4.78 is 38.3. The fourth-order valence-electron chi connectivity index (χ4n) is 0.786. The highest BCUT2D eigenvalue weighted by atomic mass is 35.5. The molecular weight excluding hydrogens is 219 g/mol. The number of hydrogen-bond acceptors (Lipinski definition) is 2. The van der Waals surface area contributed by atoms with Gasteiger partial charge in [0.2, 0.25) is 0 Å². The van der Waals surface area contributed by atoms with Gasteiger partial charge in [-0.2, -0.15) is 0 Å². The van der Waals surface area contributed by atoms with Crippen molar-refractivity contribution in [2.75, 3.05) is 19.0 Å². The second kappa shape index (κ2) is 5.78. The second-order valence-corrected chi connectivity index (χ2v) is 3.54. The predicted molar refractivity (Wildman–Crippen MR) is 49.4 cm³/mol. The molecule has 0 aliphatic heterocycles. The lowest BCUT2D eigenvalue weighted by molar-refractivity contribution is -0.323. The number of hydrogen-bond donors (Lipinski definition) is 1. The van der Waals surface area contributed by atoms with E-state index in [-0.39, 0.29) is 12.1 Å². The Kier molecular flexibility index (Phi) is 5.78. The van der Waals surface area contributed by atoms with Crippen LogP contribution in [-0.2, 0) is 4.74 Å². The molecular formula is C8H15ClF3NO. The van der Waals surface area contributed by atoms with Crippen LogP contribution in [0.4, 0.5) is 13.2 Å².